The largest absolute Gasteiger partial charge is 0.492 e. The minimum Gasteiger partial charge on any atom is -0.492 e. The van der Waals surface area contributed by atoms with Gasteiger partial charge in [-0.25, -0.2) is 0 Å². The van der Waals surface area contributed by atoms with Crippen molar-refractivity contribution in [3.63, 3.8) is 0 Å². The molecule has 0 aromatic rings. The van der Waals surface area contributed by atoms with Crippen molar-refractivity contribution in [2.45, 2.75) is 0 Å². The molecule has 0 saturated carbocycles. The van der Waals surface area contributed by atoms with E-state index in [4.69, 9.17) is 9.47 Å². The highest BCUT2D eigenvalue weighted by Crippen LogP contribution is 2.23. The van der Waals surface area contributed by atoms with Crippen LogP contribution >= 0.6 is 0 Å². The molecule has 2 rings (SSSR count). The van der Waals surface area contributed by atoms with E-state index in [-0.39, 0.29) is 28.7 Å². The maximum Gasteiger partial charge on any atom is 0.231 e. The number of methoxy groups -OCH3 is 1. The van der Waals surface area contributed by atoms with E-state index in [0.29, 0.717) is 6.61 Å². The Hall–Kier alpha value is -1.84. The van der Waals surface area contributed by atoms with Crippen molar-refractivity contribution in [2.24, 2.45) is 0 Å². The third-order valence-electron chi connectivity index (χ3n) is 2.03. The number of hydrogen-bond donors (Lipinski definition) is 0. The summed E-state index contributed by atoms with van der Waals surface area (Å²) in [4.78, 5) is 23.0. The van der Waals surface area contributed by atoms with Crippen molar-refractivity contribution in [3.8, 4) is 0 Å². The predicted octanol–water partition coefficient (Wildman–Crippen LogP) is 0.509. The van der Waals surface area contributed by atoms with Crippen LogP contribution in [0.5, 0.6) is 0 Å². The molecule has 1 heterocycles. The van der Waals surface area contributed by atoms with Crippen molar-refractivity contribution in [2.75, 3.05) is 13.7 Å². The summed E-state index contributed by atoms with van der Waals surface area (Å²) in [5, 5.41) is 0. The van der Waals surface area contributed by atoms with E-state index in [0.717, 1.165) is 6.08 Å². The minimum absolute atomic E-state index is 0.0592. The fourth-order valence-corrected chi connectivity index (χ4v) is 1.37. The van der Waals surface area contributed by atoms with Crippen molar-refractivity contribution < 1.29 is 19.1 Å². The summed E-state index contributed by atoms with van der Waals surface area (Å²) in [6.45, 7) is 0.327. The molecule has 1 aliphatic heterocycles. The van der Waals surface area contributed by atoms with Gasteiger partial charge in [0.15, 0.2) is 11.5 Å². The van der Waals surface area contributed by atoms with E-state index in [1.807, 2.05) is 0 Å². The Labute approximate surface area is 80.5 Å². The lowest BCUT2D eigenvalue weighted by Gasteiger charge is -2.18. The first-order valence-electron chi connectivity index (χ1n) is 4.12. The number of carbonyl (C=O) groups excluding carboxylic acids is 2. The lowest BCUT2D eigenvalue weighted by atomic mass is 9.98. The molecule has 0 fully saturated rings. The van der Waals surface area contributed by atoms with Gasteiger partial charge in [0.1, 0.15) is 6.61 Å². The maximum atomic E-state index is 11.6. The summed E-state index contributed by atoms with van der Waals surface area (Å²) >= 11 is 0. The molecule has 0 N–H and O–H groups in total. The molecule has 0 radical (unpaired) electrons. The second-order valence-electron chi connectivity index (χ2n) is 2.86. The summed E-state index contributed by atoms with van der Waals surface area (Å²) in [6, 6.07) is 0. The van der Waals surface area contributed by atoms with Gasteiger partial charge in [0.2, 0.25) is 11.6 Å². The first-order chi connectivity index (χ1) is 6.74. The monoisotopic (exact) mass is 192 g/mol. The summed E-state index contributed by atoms with van der Waals surface area (Å²) < 4.78 is 9.87. The molecule has 0 amide bonds. The summed E-state index contributed by atoms with van der Waals surface area (Å²) in [6.07, 6.45) is 4.42. The first kappa shape index (κ1) is 8.74. The van der Waals surface area contributed by atoms with Gasteiger partial charge in [-0.3, -0.25) is 9.59 Å². The van der Waals surface area contributed by atoms with Crippen LogP contribution in [0.2, 0.25) is 0 Å². The molecule has 0 aromatic carbocycles. The zero-order valence-electron chi connectivity index (χ0n) is 7.57. The van der Waals surface area contributed by atoms with Gasteiger partial charge in [-0.15, -0.1) is 0 Å². The normalized spacial score (nSPS) is 20.2. The number of carbonyl (C=O) groups is 2. The molecule has 0 spiro atoms. The van der Waals surface area contributed by atoms with Gasteiger partial charge in [-0.05, 0) is 12.2 Å². The fraction of sp³-hybridized carbons (Fsp3) is 0.200. The van der Waals surface area contributed by atoms with E-state index in [2.05, 4.69) is 0 Å². The van der Waals surface area contributed by atoms with E-state index in [9.17, 15) is 9.59 Å². The topological polar surface area (TPSA) is 52.6 Å². The van der Waals surface area contributed by atoms with E-state index < -0.39 is 0 Å². The van der Waals surface area contributed by atoms with Gasteiger partial charge in [0, 0.05) is 6.08 Å². The number of hydrogen-bond acceptors (Lipinski definition) is 4. The van der Waals surface area contributed by atoms with Gasteiger partial charge in [-0.1, -0.05) is 0 Å². The highest BCUT2D eigenvalue weighted by atomic mass is 16.5. The highest BCUT2D eigenvalue weighted by molar-refractivity contribution is 6.22. The van der Waals surface area contributed by atoms with Crippen molar-refractivity contribution >= 4 is 11.6 Å². The molecule has 1 aliphatic carbocycles. The quantitative estimate of drug-likeness (QED) is 0.568. The Balaban J connectivity index is 2.46. The van der Waals surface area contributed by atoms with Crippen LogP contribution in [-0.2, 0) is 19.1 Å². The van der Waals surface area contributed by atoms with E-state index in [1.165, 1.54) is 7.11 Å². The molecule has 4 nitrogen and oxygen atoms in total. The lowest BCUT2D eigenvalue weighted by Crippen LogP contribution is -2.22. The Bertz CT molecular complexity index is 398. The molecular weight excluding hydrogens is 184 g/mol. The molecule has 0 unspecified atom stereocenters. The van der Waals surface area contributed by atoms with Crippen LogP contribution in [0.25, 0.3) is 0 Å². The van der Waals surface area contributed by atoms with Crippen LogP contribution in [0.15, 0.2) is 35.3 Å². The summed E-state index contributed by atoms with van der Waals surface area (Å²) in [5.41, 5.74) is 0.278. The Morgan fingerprint density at radius 3 is 2.93 bits per heavy atom. The average Bonchev–Trinajstić information content (AvgIpc) is 2.23. The highest BCUT2D eigenvalue weighted by Gasteiger charge is 2.30. The van der Waals surface area contributed by atoms with Crippen LogP contribution in [0.1, 0.15) is 0 Å². The molecule has 72 valence electrons. The molecule has 4 heteroatoms. The molecule has 0 aromatic heterocycles. The minimum atomic E-state index is -0.319. The molecule has 14 heavy (non-hydrogen) atoms. The fourth-order valence-electron chi connectivity index (χ4n) is 1.37. The molecule has 0 atom stereocenters. The number of ketones is 2. The lowest BCUT2D eigenvalue weighted by molar-refractivity contribution is -0.120. The van der Waals surface area contributed by atoms with Crippen molar-refractivity contribution in [1.29, 1.82) is 0 Å². The zero-order valence-corrected chi connectivity index (χ0v) is 7.57. The molecule has 2 aliphatic rings. The van der Waals surface area contributed by atoms with E-state index in [1.54, 1.807) is 12.2 Å². The second kappa shape index (κ2) is 3.14. The number of ether oxygens (including phenoxy) is 2. The Morgan fingerprint density at radius 2 is 2.21 bits per heavy atom. The van der Waals surface area contributed by atoms with E-state index >= 15 is 0 Å². The first-order valence-corrected chi connectivity index (χ1v) is 4.12. The van der Waals surface area contributed by atoms with Gasteiger partial charge < -0.3 is 9.47 Å². The number of Topliss-reactive ketones (excluding diaryl/α,β-unsaturated/α-hetero) is 1. The Kier molecular flexibility index (Phi) is 1.96. The van der Waals surface area contributed by atoms with Crippen LogP contribution < -0.4 is 0 Å². The molecular formula is C10H8O4. The standard InChI is InChI=1S/C10H8O4/c1-13-8-5-7(11)10-6(9(8)12)3-2-4-14-10/h2-3,5H,4H2,1H3. The third kappa shape index (κ3) is 1.16. The van der Waals surface area contributed by atoms with Crippen LogP contribution in [0, 0.1) is 0 Å². The third-order valence-corrected chi connectivity index (χ3v) is 2.03. The molecule has 0 saturated heterocycles. The summed E-state index contributed by atoms with van der Waals surface area (Å²) in [7, 11) is 1.36. The number of rotatable bonds is 1. The van der Waals surface area contributed by atoms with Crippen molar-refractivity contribution in [1.82, 2.24) is 0 Å². The Morgan fingerprint density at radius 1 is 1.43 bits per heavy atom. The van der Waals surface area contributed by atoms with Gasteiger partial charge in [0.05, 0.1) is 12.7 Å². The van der Waals surface area contributed by atoms with Crippen LogP contribution in [-0.4, -0.2) is 25.3 Å². The van der Waals surface area contributed by atoms with Gasteiger partial charge >= 0.3 is 0 Å². The smallest absolute Gasteiger partial charge is 0.231 e. The second-order valence-corrected chi connectivity index (χ2v) is 2.86. The van der Waals surface area contributed by atoms with Crippen LogP contribution in [0.4, 0.5) is 0 Å². The number of allylic oxidation sites excluding steroid dienone is 3. The van der Waals surface area contributed by atoms with Crippen LogP contribution in [0.3, 0.4) is 0 Å². The van der Waals surface area contributed by atoms with Crippen molar-refractivity contribution in [3.05, 3.63) is 35.3 Å². The predicted molar refractivity (Wildman–Crippen MR) is 47.2 cm³/mol. The summed E-state index contributed by atoms with van der Waals surface area (Å²) in [5.74, 6) is -0.443. The van der Waals surface area contributed by atoms with Gasteiger partial charge in [-0.2, -0.15) is 0 Å². The molecule has 0 bridgehead atoms. The zero-order chi connectivity index (χ0) is 10.1. The SMILES string of the molecule is COC1=CC(=O)C2=C(C=CCO2)C1=O. The van der Waals surface area contributed by atoms with Gasteiger partial charge in [0.25, 0.3) is 0 Å². The average molecular weight is 192 g/mol. The maximum absolute atomic E-state index is 11.6.